The van der Waals surface area contributed by atoms with Crippen LogP contribution in [0.2, 0.25) is 5.02 Å². The van der Waals surface area contributed by atoms with E-state index in [1.165, 1.54) is 0 Å². The summed E-state index contributed by atoms with van der Waals surface area (Å²) in [5, 5.41) is 4.02. The molecule has 0 radical (unpaired) electrons. The summed E-state index contributed by atoms with van der Waals surface area (Å²) in [6, 6.07) is 5.30. The molecule has 0 atom stereocenters. The van der Waals surface area contributed by atoms with E-state index >= 15 is 0 Å². The minimum absolute atomic E-state index is 0.0284. The van der Waals surface area contributed by atoms with E-state index in [0.717, 1.165) is 24.2 Å². The molecule has 2 aromatic rings. The molecule has 0 saturated heterocycles. The second kappa shape index (κ2) is 7.44. The molecule has 3 rings (SSSR count). The Balaban J connectivity index is 1.84. The Morgan fingerprint density at radius 3 is 2.70 bits per heavy atom. The number of fused-ring (bicyclic) bond motifs is 1. The molecule has 1 amide bonds. The summed E-state index contributed by atoms with van der Waals surface area (Å²) in [6.45, 7) is 9.57. The Morgan fingerprint density at radius 1 is 1.33 bits per heavy atom. The lowest BCUT2D eigenvalue weighted by molar-refractivity contribution is -0.123. The van der Waals surface area contributed by atoms with Crippen molar-refractivity contribution in [3.8, 4) is 0 Å². The Hall–Kier alpha value is -2.18. The van der Waals surface area contributed by atoms with Gasteiger partial charge in [-0.2, -0.15) is 4.98 Å². The fourth-order valence-electron chi connectivity index (χ4n) is 3.38. The van der Waals surface area contributed by atoms with E-state index in [0.29, 0.717) is 29.3 Å². The number of aryl methyl sites for hydroxylation is 1. The lowest BCUT2D eigenvalue weighted by atomic mass is 10.1. The number of aromatic nitrogens is 2. The summed E-state index contributed by atoms with van der Waals surface area (Å²) in [7, 11) is 0. The highest BCUT2D eigenvalue weighted by atomic mass is 35.5. The van der Waals surface area contributed by atoms with Crippen LogP contribution in [0.1, 0.15) is 33.0 Å². The normalized spacial score (nSPS) is 15.7. The first-order chi connectivity index (χ1) is 12.6. The van der Waals surface area contributed by atoms with Gasteiger partial charge in [0.2, 0.25) is 5.91 Å². The third kappa shape index (κ3) is 4.57. The highest BCUT2D eigenvalue weighted by Gasteiger charge is 2.20. The molecule has 0 saturated carbocycles. The molecule has 1 N–H and O–H groups in total. The van der Waals surface area contributed by atoms with E-state index in [1.807, 2.05) is 38.3 Å². The van der Waals surface area contributed by atoms with E-state index in [-0.39, 0.29) is 17.0 Å². The lowest BCUT2D eigenvalue weighted by Crippen LogP contribution is -2.46. The molecule has 0 aliphatic carbocycles. The first-order valence-corrected chi connectivity index (χ1v) is 9.43. The van der Waals surface area contributed by atoms with Gasteiger partial charge in [0, 0.05) is 35.8 Å². The van der Waals surface area contributed by atoms with Crippen LogP contribution in [-0.4, -0.2) is 45.5 Å². The van der Waals surface area contributed by atoms with Gasteiger partial charge >= 0.3 is 0 Å². The zero-order valence-electron chi connectivity index (χ0n) is 16.2. The number of halogens is 1. The summed E-state index contributed by atoms with van der Waals surface area (Å²) < 4.78 is 2.01. The van der Waals surface area contributed by atoms with Crippen LogP contribution < -0.4 is 10.9 Å². The van der Waals surface area contributed by atoms with Crippen LogP contribution in [-0.2, 0) is 4.79 Å². The number of amides is 1. The first kappa shape index (κ1) is 19.6. The van der Waals surface area contributed by atoms with Crippen molar-refractivity contribution in [1.29, 1.82) is 0 Å². The van der Waals surface area contributed by atoms with Crippen LogP contribution in [0.25, 0.3) is 16.6 Å². The smallest absolute Gasteiger partial charge is 0.280 e. The summed E-state index contributed by atoms with van der Waals surface area (Å²) in [6.07, 6.45) is 2.87. The fourth-order valence-corrected chi connectivity index (χ4v) is 3.55. The van der Waals surface area contributed by atoms with Crippen molar-refractivity contribution in [1.82, 2.24) is 19.8 Å². The largest absolute Gasteiger partial charge is 0.350 e. The van der Waals surface area contributed by atoms with E-state index in [1.54, 1.807) is 12.1 Å². The zero-order chi connectivity index (χ0) is 19.8. The third-order valence-corrected chi connectivity index (χ3v) is 4.69. The lowest BCUT2D eigenvalue weighted by Gasteiger charge is -2.29. The fraction of sp³-hybridized carbons (Fsp3) is 0.450. The van der Waals surface area contributed by atoms with Crippen molar-refractivity contribution >= 4 is 34.1 Å². The predicted octanol–water partition coefficient (Wildman–Crippen LogP) is 2.82. The van der Waals surface area contributed by atoms with Gasteiger partial charge in [-0.25, -0.2) is 0 Å². The summed E-state index contributed by atoms with van der Waals surface area (Å²) in [5.74, 6) is 0.681. The second-order valence-corrected chi connectivity index (χ2v) is 8.38. The van der Waals surface area contributed by atoms with Gasteiger partial charge in [-0.3, -0.25) is 14.5 Å². The predicted molar refractivity (Wildman–Crippen MR) is 109 cm³/mol. The van der Waals surface area contributed by atoms with Crippen molar-refractivity contribution < 1.29 is 4.79 Å². The van der Waals surface area contributed by atoms with Crippen LogP contribution in [0.15, 0.2) is 29.1 Å². The number of nitrogens with zero attached hydrogens (tertiary/aromatic N) is 3. The molecule has 2 heterocycles. The standard InChI is InChI=1S/C20H25ClN4O2/c1-13-22-19(27)16-11-14(21)5-6-17(16)25(13)15-7-9-24(10-8-15)12-18(26)23-20(2,3)4/h5-7,11H,8-10,12H2,1-4H3,(H,23,26). The van der Waals surface area contributed by atoms with Crippen molar-refractivity contribution in [2.45, 2.75) is 39.7 Å². The number of benzene rings is 1. The van der Waals surface area contributed by atoms with E-state index < -0.39 is 0 Å². The quantitative estimate of drug-likeness (QED) is 0.877. The maximum atomic E-state index is 12.2. The molecule has 27 heavy (non-hydrogen) atoms. The van der Waals surface area contributed by atoms with Crippen LogP contribution in [0, 0.1) is 6.92 Å². The molecule has 1 aromatic carbocycles. The molecule has 7 heteroatoms. The van der Waals surface area contributed by atoms with Gasteiger partial charge in [-0.05, 0) is 45.9 Å². The number of hydrogen-bond acceptors (Lipinski definition) is 4. The summed E-state index contributed by atoms with van der Waals surface area (Å²) >= 11 is 6.05. The van der Waals surface area contributed by atoms with Gasteiger partial charge in [-0.1, -0.05) is 17.7 Å². The number of nitrogens with one attached hydrogen (secondary N) is 1. The van der Waals surface area contributed by atoms with Crippen molar-refractivity contribution in [2.24, 2.45) is 0 Å². The highest BCUT2D eigenvalue weighted by molar-refractivity contribution is 6.31. The molecule has 144 valence electrons. The number of carbonyl (C=O) groups excluding carboxylic acids is 1. The molecule has 1 aliphatic rings. The number of rotatable bonds is 3. The molecule has 0 spiro atoms. The van der Waals surface area contributed by atoms with E-state index in [9.17, 15) is 9.59 Å². The molecule has 0 unspecified atom stereocenters. The minimum Gasteiger partial charge on any atom is -0.350 e. The zero-order valence-corrected chi connectivity index (χ0v) is 16.9. The molecule has 0 fully saturated rings. The third-order valence-electron chi connectivity index (χ3n) is 4.45. The van der Waals surface area contributed by atoms with E-state index in [2.05, 4.69) is 21.3 Å². The highest BCUT2D eigenvalue weighted by Crippen LogP contribution is 2.24. The average Bonchev–Trinajstić information content (AvgIpc) is 2.55. The van der Waals surface area contributed by atoms with Gasteiger partial charge in [0.15, 0.2) is 0 Å². The maximum Gasteiger partial charge on any atom is 0.280 e. The van der Waals surface area contributed by atoms with Crippen LogP contribution >= 0.6 is 11.6 Å². The summed E-state index contributed by atoms with van der Waals surface area (Å²) in [5.41, 5.74) is 1.40. The van der Waals surface area contributed by atoms with Crippen LogP contribution in [0.3, 0.4) is 0 Å². The van der Waals surface area contributed by atoms with Crippen LogP contribution in [0.4, 0.5) is 0 Å². The Morgan fingerprint density at radius 2 is 2.07 bits per heavy atom. The molecular formula is C20H25ClN4O2. The Bertz CT molecular complexity index is 972. The maximum absolute atomic E-state index is 12.2. The van der Waals surface area contributed by atoms with Crippen molar-refractivity contribution in [3.05, 3.63) is 45.5 Å². The van der Waals surface area contributed by atoms with E-state index in [4.69, 9.17) is 11.6 Å². The molecular weight excluding hydrogens is 364 g/mol. The number of carbonyl (C=O) groups is 1. The van der Waals surface area contributed by atoms with Gasteiger partial charge in [0.25, 0.3) is 5.56 Å². The number of hydrogen-bond donors (Lipinski definition) is 1. The second-order valence-electron chi connectivity index (χ2n) is 7.94. The average molecular weight is 389 g/mol. The monoisotopic (exact) mass is 388 g/mol. The topological polar surface area (TPSA) is 67.2 Å². The summed E-state index contributed by atoms with van der Waals surface area (Å²) in [4.78, 5) is 30.6. The molecule has 1 aromatic heterocycles. The van der Waals surface area contributed by atoms with Gasteiger partial charge in [-0.15, -0.1) is 0 Å². The van der Waals surface area contributed by atoms with Gasteiger partial charge in [0.1, 0.15) is 5.82 Å². The van der Waals surface area contributed by atoms with Crippen molar-refractivity contribution in [2.75, 3.05) is 19.6 Å². The Kier molecular flexibility index (Phi) is 5.40. The molecule has 1 aliphatic heterocycles. The van der Waals surface area contributed by atoms with Gasteiger partial charge < -0.3 is 9.88 Å². The Labute approximate surface area is 163 Å². The van der Waals surface area contributed by atoms with Crippen LogP contribution in [0.5, 0.6) is 0 Å². The molecule has 6 nitrogen and oxygen atoms in total. The molecule has 0 bridgehead atoms. The minimum atomic E-state index is -0.266. The first-order valence-electron chi connectivity index (χ1n) is 9.06. The van der Waals surface area contributed by atoms with Gasteiger partial charge in [0.05, 0.1) is 17.4 Å². The SMILES string of the molecule is Cc1nc(=O)c2cc(Cl)ccc2n1C1=CCN(CC(=O)NC(C)(C)C)CC1. The van der Waals surface area contributed by atoms with Crippen molar-refractivity contribution in [3.63, 3.8) is 0 Å².